The summed E-state index contributed by atoms with van der Waals surface area (Å²) in [6.07, 6.45) is 3.94. The normalized spacial score (nSPS) is 13.3. The molecule has 0 heterocycles. The number of rotatable bonds is 10. The third-order valence-electron chi connectivity index (χ3n) is 3.32. The second-order valence-electron chi connectivity index (χ2n) is 6.54. The van der Waals surface area contributed by atoms with Gasteiger partial charge in [-0.3, -0.25) is 4.79 Å². The second kappa shape index (κ2) is 10.2. The Kier molecular flexibility index (Phi) is 9.94. The van der Waals surface area contributed by atoms with E-state index in [0.717, 1.165) is 13.0 Å². The molecule has 0 aromatic heterocycles. The molecule has 0 aliphatic heterocycles. The van der Waals surface area contributed by atoms with Gasteiger partial charge in [-0.15, -0.1) is 0 Å². The van der Waals surface area contributed by atoms with Crippen molar-refractivity contribution >= 4 is 5.91 Å². The molecule has 0 saturated heterocycles. The van der Waals surface area contributed by atoms with Crippen LogP contribution in [0.15, 0.2) is 0 Å². The Morgan fingerprint density at radius 1 is 1.00 bits per heavy atom. The summed E-state index contributed by atoms with van der Waals surface area (Å²) in [6, 6.07) is 0.825. The Bertz CT molecular complexity index is 229. The van der Waals surface area contributed by atoms with Gasteiger partial charge < -0.3 is 10.6 Å². The summed E-state index contributed by atoms with van der Waals surface area (Å²) >= 11 is 0. The smallest absolute Gasteiger partial charge is 0.221 e. The van der Waals surface area contributed by atoms with E-state index in [1.165, 1.54) is 12.8 Å². The van der Waals surface area contributed by atoms with Gasteiger partial charge >= 0.3 is 0 Å². The maximum atomic E-state index is 11.7. The molecule has 0 rings (SSSR count). The molecule has 3 heteroatoms. The van der Waals surface area contributed by atoms with Gasteiger partial charge in [-0.05, 0) is 38.0 Å². The maximum Gasteiger partial charge on any atom is 0.221 e. The minimum absolute atomic E-state index is 0.162. The average Bonchev–Trinajstić information content (AvgIpc) is 2.26. The van der Waals surface area contributed by atoms with Crippen LogP contribution in [0.25, 0.3) is 0 Å². The minimum atomic E-state index is 0.162. The molecule has 1 amide bonds. The van der Waals surface area contributed by atoms with Crippen LogP contribution in [-0.2, 0) is 4.79 Å². The highest BCUT2D eigenvalue weighted by atomic mass is 16.1. The van der Waals surface area contributed by atoms with E-state index in [0.29, 0.717) is 24.3 Å². The van der Waals surface area contributed by atoms with Gasteiger partial charge in [0.05, 0.1) is 0 Å². The third-order valence-corrected chi connectivity index (χ3v) is 3.32. The van der Waals surface area contributed by atoms with Crippen molar-refractivity contribution in [3.63, 3.8) is 0 Å². The molecule has 0 aliphatic carbocycles. The van der Waals surface area contributed by atoms with Gasteiger partial charge in [-0.2, -0.15) is 0 Å². The van der Waals surface area contributed by atoms with Crippen LogP contribution in [-0.4, -0.2) is 24.5 Å². The van der Waals surface area contributed by atoms with E-state index in [1.54, 1.807) is 0 Å². The average molecular weight is 270 g/mol. The molecule has 3 nitrogen and oxygen atoms in total. The first-order valence-corrected chi connectivity index (χ1v) is 7.87. The van der Waals surface area contributed by atoms with E-state index in [4.69, 9.17) is 0 Å². The molecule has 0 fully saturated rings. The summed E-state index contributed by atoms with van der Waals surface area (Å²) in [6.45, 7) is 13.9. The van der Waals surface area contributed by atoms with Crippen molar-refractivity contribution < 1.29 is 4.79 Å². The van der Waals surface area contributed by atoms with Crippen LogP contribution in [0, 0.1) is 11.8 Å². The fourth-order valence-electron chi connectivity index (χ4n) is 2.24. The fourth-order valence-corrected chi connectivity index (χ4v) is 2.24. The molecule has 0 spiro atoms. The van der Waals surface area contributed by atoms with Crippen LogP contribution in [0.2, 0.25) is 0 Å². The predicted octanol–water partition coefficient (Wildman–Crippen LogP) is 3.34. The van der Waals surface area contributed by atoms with Crippen LogP contribution < -0.4 is 10.6 Å². The highest BCUT2D eigenvalue weighted by Crippen LogP contribution is 2.13. The number of hydrogen-bond donors (Lipinski definition) is 2. The first kappa shape index (κ1) is 18.4. The predicted molar refractivity (Wildman–Crippen MR) is 83.2 cm³/mol. The maximum absolute atomic E-state index is 11.7. The minimum Gasteiger partial charge on any atom is -0.354 e. The van der Waals surface area contributed by atoms with Crippen molar-refractivity contribution in [3.8, 4) is 0 Å². The van der Waals surface area contributed by atoms with Crippen molar-refractivity contribution in [1.29, 1.82) is 0 Å². The van der Waals surface area contributed by atoms with Crippen LogP contribution in [0.3, 0.4) is 0 Å². The number of nitrogens with one attached hydrogen (secondary N) is 2. The van der Waals surface area contributed by atoms with Gasteiger partial charge in [0.1, 0.15) is 0 Å². The van der Waals surface area contributed by atoms with E-state index in [1.807, 2.05) is 6.92 Å². The van der Waals surface area contributed by atoms with Crippen molar-refractivity contribution in [1.82, 2.24) is 10.6 Å². The van der Waals surface area contributed by atoms with Crippen molar-refractivity contribution in [2.45, 2.75) is 79.3 Å². The number of amides is 1. The van der Waals surface area contributed by atoms with Gasteiger partial charge in [0.25, 0.3) is 0 Å². The van der Waals surface area contributed by atoms with Crippen molar-refractivity contribution in [2.75, 3.05) is 6.54 Å². The van der Waals surface area contributed by atoms with Crippen molar-refractivity contribution in [2.24, 2.45) is 11.8 Å². The summed E-state index contributed by atoms with van der Waals surface area (Å²) in [5.41, 5.74) is 0. The second-order valence-corrected chi connectivity index (χ2v) is 6.54. The van der Waals surface area contributed by atoms with Crippen LogP contribution in [0.1, 0.15) is 67.2 Å². The van der Waals surface area contributed by atoms with Gasteiger partial charge in [-0.1, -0.05) is 34.6 Å². The molecule has 0 saturated carbocycles. The highest BCUT2D eigenvalue weighted by Gasteiger charge is 2.13. The number of carbonyl (C=O) groups excluding carboxylic acids is 1. The molecule has 0 aliphatic rings. The van der Waals surface area contributed by atoms with Gasteiger partial charge in [0.2, 0.25) is 5.91 Å². The van der Waals surface area contributed by atoms with E-state index >= 15 is 0 Å². The molecule has 0 aromatic carbocycles. The summed E-state index contributed by atoms with van der Waals surface area (Å²) in [5.74, 6) is 1.56. The number of carbonyl (C=O) groups is 1. The molecule has 2 N–H and O–H groups in total. The topological polar surface area (TPSA) is 41.1 Å². The largest absolute Gasteiger partial charge is 0.354 e. The summed E-state index contributed by atoms with van der Waals surface area (Å²) in [7, 11) is 0. The molecule has 0 radical (unpaired) electrons. The molecular weight excluding hydrogens is 236 g/mol. The highest BCUT2D eigenvalue weighted by molar-refractivity contribution is 5.76. The molecule has 0 aromatic rings. The van der Waals surface area contributed by atoms with Gasteiger partial charge in [0, 0.05) is 25.0 Å². The van der Waals surface area contributed by atoms with E-state index in [9.17, 15) is 4.79 Å². The Labute approximate surface area is 119 Å². The van der Waals surface area contributed by atoms with E-state index in [-0.39, 0.29) is 11.9 Å². The molecule has 114 valence electrons. The molecule has 19 heavy (non-hydrogen) atoms. The number of hydrogen-bond acceptors (Lipinski definition) is 2. The van der Waals surface area contributed by atoms with E-state index < -0.39 is 0 Å². The third kappa shape index (κ3) is 11.0. The monoisotopic (exact) mass is 270 g/mol. The SMILES string of the molecule is CCC(C)NC(=O)CCNC(CC(C)C)CC(C)C. The summed E-state index contributed by atoms with van der Waals surface area (Å²) in [5, 5.41) is 6.55. The fraction of sp³-hybridized carbons (Fsp3) is 0.938. The Balaban J connectivity index is 3.94. The molecule has 1 unspecified atom stereocenters. The lowest BCUT2D eigenvalue weighted by atomic mass is 9.95. The molecular formula is C16H34N2O. The van der Waals surface area contributed by atoms with Gasteiger partial charge in [-0.25, -0.2) is 0 Å². The van der Waals surface area contributed by atoms with Crippen LogP contribution in [0.5, 0.6) is 0 Å². The zero-order valence-corrected chi connectivity index (χ0v) is 13.8. The Morgan fingerprint density at radius 3 is 1.95 bits per heavy atom. The zero-order valence-electron chi connectivity index (χ0n) is 13.8. The van der Waals surface area contributed by atoms with Gasteiger partial charge in [0.15, 0.2) is 0 Å². The summed E-state index contributed by atoms with van der Waals surface area (Å²) < 4.78 is 0. The lowest BCUT2D eigenvalue weighted by molar-refractivity contribution is -0.121. The zero-order chi connectivity index (χ0) is 14.8. The standard InChI is InChI=1S/C16H34N2O/c1-7-14(6)18-16(19)8-9-17-15(10-12(2)3)11-13(4)5/h12-15,17H,7-11H2,1-6H3,(H,18,19). The van der Waals surface area contributed by atoms with Crippen molar-refractivity contribution in [3.05, 3.63) is 0 Å². The van der Waals surface area contributed by atoms with Crippen LogP contribution >= 0.6 is 0 Å². The molecule has 0 bridgehead atoms. The summed E-state index contributed by atoms with van der Waals surface area (Å²) in [4.78, 5) is 11.7. The lowest BCUT2D eigenvalue weighted by Gasteiger charge is -2.22. The first-order valence-electron chi connectivity index (χ1n) is 7.87. The molecule has 1 atom stereocenters. The van der Waals surface area contributed by atoms with E-state index in [2.05, 4.69) is 45.3 Å². The van der Waals surface area contributed by atoms with Crippen LogP contribution in [0.4, 0.5) is 0 Å². The Hall–Kier alpha value is -0.570. The quantitative estimate of drug-likeness (QED) is 0.639. The lowest BCUT2D eigenvalue weighted by Crippen LogP contribution is -2.37. The Morgan fingerprint density at radius 2 is 1.53 bits per heavy atom. The first-order chi connectivity index (χ1) is 8.85.